The third-order valence-corrected chi connectivity index (χ3v) is 5.31. The summed E-state index contributed by atoms with van der Waals surface area (Å²) in [6.07, 6.45) is 0.979. The van der Waals surface area contributed by atoms with Crippen molar-refractivity contribution in [1.29, 1.82) is 0 Å². The molecule has 0 radical (unpaired) electrons. The van der Waals surface area contributed by atoms with Crippen molar-refractivity contribution < 1.29 is 14.2 Å². The Labute approximate surface area is 178 Å². The summed E-state index contributed by atoms with van der Waals surface area (Å²) in [6, 6.07) is 17.1. The van der Waals surface area contributed by atoms with E-state index in [1.54, 1.807) is 7.11 Å². The maximum Gasteiger partial charge on any atom is 0.161 e. The van der Waals surface area contributed by atoms with Gasteiger partial charge in [-0.25, -0.2) is 0 Å². The van der Waals surface area contributed by atoms with Crippen molar-refractivity contribution in [2.45, 2.75) is 26.3 Å². The van der Waals surface area contributed by atoms with Crippen LogP contribution in [0.15, 0.2) is 48.5 Å². The van der Waals surface area contributed by atoms with Gasteiger partial charge in [-0.2, -0.15) is 0 Å². The van der Waals surface area contributed by atoms with Gasteiger partial charge in [-0.3, -0.25) is 0 Å². The molecule has 4 rings (SSSR count). The first-order valence-electron chi connectivity index (χ1n) is 9.98. The summed E-state index contributed by atoms with van der Waals surface area (Å²) >= 11 is 0. The van der Waals surface area contributed by atoms with Crippen LogP contribution in [0, 0.1) is 0 Å². The van der Waals surface area contributed by atoms with Gasteiger partial charge in [-0.05, 0) is 60.5 Å². The number of nitrogens with one attached hydrogen (secondary N) is 1. The zero-order valence-corrected chi connectivity index (χ0v) is 18.0. The molecular formula is C24H28ClNO3. The molecule has 3 aromatic rings. The van der Waals surface area contributed by atoms with Crippen LogP contribution in [-0.4, -0.2) is 26.9 Å². The molecule has 0 fully saturated rings. The summed E-state index contributed by atoms with van der Waals surface area (Å²) in [5.41, 5.74) is 3.83. The lowest BCUT2D eigenvalue weighted by Crippen LogP contribution is -2.30. The molecule has 29 heavy (non-hydrogen) atoms. The van der Waals surface area contributed by atoms with Crippen molar-refractivity contribution in [3.05, 3.63) is 65.2 Å². The normalized spacial score (nSPS) is 15.3. The van der Waals surface area contributed by atoms with E-state index in [9.17, 15) is 0 Å². The highest BCUT2D eigenvalue weighted by Crippen LogP contribution is 2.40. The first-order valence-corrected chi connectivity index (χ1v) is 9.98. The van der Waals surface area contributed by atoms with Gasteiger partial charge in [0.05, 0.1) is 26.4 Å². The van der Waals surface area contributed by atoms with Gasteiger partial charge < -0.3 is 19.5 Å². The maximum absolute atomic E-state index is 5.89. The number of hydrogen-bond donors (Lipinski definition) is 1. The molecule has 1 N–H and O–H groups in total. The molecule has 4 nitrogen and oxygen atoms in total. The van der Waals surface area contributed by atoms with E-state index in [1.165, 1.54) is 22.1 Å². The van der Waals surface area contributed by atoms with Crippen LogP contribution in [0.1, 0.15) is 36.6 Å². The standard InChI is InChI=1S/C24H27NO3.ClH/c1-4-27-22-14-16-12-13-25-24(20(16)15-23(22)28-5-2)19-10-11-21(26-3)18-9-7-6-8-17(18)19;/h6-11,14-15,24-25H,4-5,12-13H2,1-3H3;1H. The summed E-state index contributed by atoms with van der Waals surface area (Å²) in [6.45, 7) is 6.18. The smallest absolute Gasteiger partial charge is 0.161 e. The van der Waals surface area contributed by atoms with Crippen LogP contribution >= 0.6 is 12.4 Å². The molecule has 0 aliphatic carbocycles. The Balaban J connectivity index is 0.00000240. The van der Waals surface area contributed by atoms with E-state index >= 15 is 0 Å². The average molecular weight is 414 g/mol. The minimum atomic E-state index is 0. The molecule has 5 heteroatoms. The molecule has 1 aliphatic rings. The van der Waals surface area contributed by atoms with Crippen molar-refractivity contribution in [3.8, 4) is 17.2 Å². The second-order valence-corrected chi connectivity index (χ2v) is 6.90. The lowest BCUT2D eigenvalue weighted by Gasteiger charge is -2.30. The Morgan fingerprint density at radius 2 is 1.55 bits per heavy atom. The lowest BCUT2D eigenvalue weighted by molar-refractivity contribution is 0.286. The van der Waals surface area contributed by atoms with Crippen molar-refractivity contribution in [1.82, 2.24) is 5.32 Å². The topological polar surface area (TPSA) is 39.7 Å². The van der Waals surface area contributed by atoms with Crippen LogP contribution in [0.3, 0.4) is 0 Å². The monoisotopic (exact) mass is 413 g/mol. The maximum atomic E-state index is 5.89. The molecule has 0 bridgehead atoms. The van der Waals surface area contributed by atoms with E-state index in [2.05, 4.69) is 53.8 Å². The number of hydrogen-bond acceptors (Lipinski definition) is 4. The number of halogens is 1. The third-order valence-electron chi connectivity index (χ3n) is 5.31. The second-order valence-electron chi connectivity index (χ2n) is 6.90. The Bertz CT molecular complexity index is 989. The molecule has 154 valence electrons. The van der Waals surface area contributed by atoms with Gasteiger partial charge in [-0.15, -0.1) is 12.4 Å². The minimum absolute atomic E-state index is 0. The summed E-state index contributed by atoms with van der Waals surface area (Å²) < 4.78 is 17.3. The van der Waals surface area contributed by atoms with Gasteiger partial charge in [0.1, 0.15) is 5.75 Å². The molecule has 0 amide bonds. The molecule has 1 atom stereocenters. The van der Waals surface area contributed by atoms with Gasteiger partial charge in [0.2, 0.25) is 0 Å². The average Bonchev–Trinajstić information content (AvgIpc) is 2.73. The van der Waals surface area contributed by atoms with Crippen LogP contribution in [0.2, 0.25) is 0 Å². The fraction of sp³-hybridized carbons (Fsp3) is 0.333. The number of benzene rings is 3. The molecule has 3 aromatic carbocycles. The predicted molar refractivity (Wildman–Crippen MR) is 120 cm³/mol. The highest BCUT2D eigenvalue weighted by atomic mass is 35.5. The number of ether oxygens (including phenoxy) is 3. The summed E-state index contributed by atoms with van der Waals surface area (Å²) in [4.78, 5) is 0. The number of methoxy groups -OCH3 is 1. The predicted octanol–water partition coefficient (Wildman–Crippen LogP) is 5.30. The van der Waals surface area contributed by atoms with Crippen LogP contribution in [-0.2, 0) is 6.42 Å². The van der Waals surface area contributed by atoms with Crippen molar-refractivity contribution in [3.63, 3.8) is 0 Å². The highest BCUT2D eigenvalue weighted by Gasteiger charge is 2.26. The van der Waals surface area contributed by atoms with Gasteiger partial charge in [-0.1, -0.05) is 30.3 Å². The molecule has 1 aliphatic heterocycles. The largest absolute Gasteiger partial charge is 0.496 e. The van der Waals surface area contributed by atoms with E-state index in [0.29, 0.717) is 13.2 Å². The fourth-order valence-electron chi connectivity index (χ4n) is 4.10. The van der Waals surface area contributed by atoms with Crippen molar-refractivity contribution >= 4 is 23.2 Å². The Hall–Kier alpha value is -2.43. The summed E-state index contributed by atoms with van der Waals surface area (Å²) in [5, 5.41) is 6.04. The summed E-state index contributed by atoms with van der Waals surface area (Å²) in [5.74, 6) is 2.55. The molecule has 0 aromatic heterocycles. The molecule has 0 saturated carbocycles. The Morgan fingerprint density at radius 3 is 2.24 bits per heavy atom. The van der Waals surface area contributed by atoms with Crippen LogP contribution in [0.5, 0.6) is 17.2 Å². The van der Waals surface area contributed by atoms with Crippen molar-refractivity contribution in [2.75, 3.05) is 26.9 Å². The van der Waals surface area contributed by atoms with E-state index in [-0.39, 0.29) is 18.4 Å². The first-order chi connectivity index (χ1) is 13.8. The molecule has 1 unspecified atom stereocenters. The van der Waals surface area contributed by atoms with Gasteiger partial charge >= 0.3 is 0 Å². The van der Waals surface area contributed by atoms with E-state index in [4.69, 9.17) is 14.2 Å². The van der Waals surface area contributed by atoms with E-state index in [1.807, 2.05) is 13.8 Å². The second kappa shape index (κ2) is 9.38. The van der Waals surface area contributed by atoms with Gasteiger partial charge in [0.25, 0.3) is 0 Å². The zero-order valence-electron chi connectivity index (χ0n) is 17.2. The van der Waals surface area contributed by atoms with Crippen LogP contribution in [0.4, 0.5) is 0 Å². The Kier molecular flexibility index (Phi) is 6.88. The third kappa shape index (κ3) is 4.00. The van der Waals surface area contributed by atoms with E-state index in [0.717, 1.165) is 35.6 Å². The van der Waals surface area contributed by atoms with Crippen LogP contribution in [0.25, 0.3) is 10.8 Å². The Morgan fingerprint density at radius 1 is 0.862 bits per heavy atom. The lowest BCUT2D eigenvalue weighted by atomic mass is 9.87. The van der Waals surface area contributed by atoms with Gasteiger partial charge in [0, 0.05) is 11.9 Å². The molecule has 0 saturated heterocycles. The molecule has 1 heterocycles. The zero-order chi connectivity index (χ0) is 19.5. The minimum Gasteiger partial charge on any atom is -0.496 e. The first kappa shape index (κ1) is 21.3. The quantitative estimate of drug-likeness (QED) is 0.595. The number of rotatable bonds is 6. The highest BCUT2D eigenvalue weighted by molar-refractivity contribution is 5.91. The fourth-order valence-corrected chi connectivity index (χ4v) is 4.10. The number of fused-ring (bicyclic) bond motifs is 2. The van der Waals surface area contributed by atoms with Crippen molar-refractivity contribution in [2.24, 2.45) is 0 Å². The summed E-state index contributed by atoms with van der Waals surface area (Å²) in [7, 11) is 1.72. The SMILES string of the molecule is CCOc1cc2c(cc1OCC)C(c1ccc(OC)c3ccccc13)NCC2.Cl. The van der Waals surface area contributed by atoms with E-state index < -0.39 is 0 Å². The van der Waals surface area contributed by atoms with Gasteiger partial charge in [0.15, 0.2) is 11.5 Å². The molecular weight excluding hydrogens is 386 g/mol. The molecule has 0 spiro atoms. The van der Waals surface area contributed by atoms with Crippen LogP contribution < -0.4 is 19.5 Å².